The number of hydrogen-bond acceptors (Lipinski definition) is 4. The Kier molecular flexibility index (Phi) is 4.49. The van der Waals surface area contributed by atoms with Crippen LogP contribution in [0.2, 0.25) is 0 Å². The van der Waals surface area contributed by atoms with Gasteiger partial charge >= 0.3 is 0 Å². The molecule has 0 spiro atoms. The Hall–Kier alpha value is -1.57. The largest absolute Gasteiger partial charge is 0.262 e. The lowest BCUT2D eigenvalue weighted by Crippen LogP contribution is -2.32. The van der Waals surface area contributed by atoms with Crippen molar-refractivity contribution in [2.24, 2.45) is 0 Å². The minimum absolute atomic E-state index is 0.127. The van der Waals surface area contributed by atoms with Crippen LogP contribution in [0.3, 0.4) is 0 Å². The number of nitriles is 3. The lowest BCUT2D eigenvalue weighted by atomic mass is 10.3. The molecule has 1 unspecified atom stereocenters. The smallest absolute Gasteiger partial charge is 0.0966 e. The van der Waals surface area contributed by atoms with Crippen molar-refractivity contribution < 1.29 is 0 Å². The Morgan fingerprint density at radius 1 is 1.18 bits per heavy atom. The van der Waals surface area contributed by atoms with E-state index in [9.17, 15) is 0 Å². The summed E-state index contributed by atoms with van der Waals surface area (Å²) >= 11 is 0. The van der Waals surface area contributed by atoms with E-state index in [1.807, 2.05) is 18.2 Å². The molecule has 11 heavy (non-hydrogen) atoms. The number of nitrogens with zero attached hydrogens (tertiary/aromatic N) is 4. The summed E-state index contributed by atoms with van der Waals surface area (Å²) in [5.74, 6) is 0. The van der Waals surface area contributed by atoms with Crippen LogP contribution in [0.4, 0.5) is 0 Å². The standard InChI is InChI=1S/C7H8N4/c1-7(6-10)11(4-2-8)5-3-9/h7H,4-5H2,1H3. The molecule has 0 aromatic carbocycles. The second-order valence-electron chi connectivity index (χ2n) is 2.03. The third-order valence-corrected chi connectivity index (χ3v) is 1.28. The average molecular weight is 148 g/mol. The van der Waals surface area contributed by atoms with Crippen LogP contribution in [0.15, 0.2) is 0 Å². The summed E-state index contributed by atoms with van der Waals surface area (Å²) in [7, 11) is 0. The van der Waals surface area contributed by atoms with Crippen molar-refractivity contribution in [3.8, 4) is 18.2 Å². The van der Waals surface area contributed by atoms with Crippen molar-refractivity contribution in [1.82, 2.24) is 4.90 Å². The van der Waals surface area contributed by atoms with Gasteiger partial charge in [-0.25, -0.2) is 0 Å². The van der Waals surface area contributed by atoms with Crippen molar-refractivity contribution in [2.75, 3.05) is 13.1 Å². The van der Waals surface area contributed by atoms with Crippen LogP contribution in [-0.2, 0) is 0 Å². The van der Waals surface area contributed by atoms with Crippen LogP contribution in [0, 0.1) is 34.0 Å². The van der Waals surface area contributed by atoms with Gasteiger partial charge in [0.2, 0.25) is 0 Å². The van der Waals surface area contributed by atoms with E-state index in [0.717, 1.165) is 0 Å². The average Bonchev–Trinajstić information content (AvgIpc) is 2.03. The fraction of sp³-hybridized carbons (Fsp3) is 0.571. The van der Waals surface area contributed by atoms with E-state index in [0.29, 0.717) is 0 Å². The van der Waals surface area contributed by atoms with Crippen LogP contribution in [0.25, 0.3) is 0 Å². The van der Waals surface area contributed by atoms with Crippen LogP contribution in [-0.4, -0.2) is 24.0 Å². The van der Waals surface area contributed by atoms with Gasteiger partial charge in [-0.2, -0.15) is 15.8 Å². The summed E-state index contributed by atoms with van der Waals surface area (Å²) in [5.41, 5.74) is 0. The maximum Gasteiger partial charge on any atom is 0.0966 e. The highest BCUT2D eigenvalue weighted by Gasteiger charge is 2.10. The molecule has 0 saturated carbocycles. The van der Waals surface area contributed by atoms with E-state index >= 15 is 0 Å². The zero-order valence-electron chi connectivity index (χ0n) is 6.28. The number of hydrogen-bond donors (Lipinski definition) is 0. The Balaban J connectivity index is 4.04. The van der Waals surface area contributed by atoms with Gasteiger partial charge in [-0.15, -0.1) is 0 Å². The normalized spacial score (nSPS) is 11.2. The second kappa shape index (κ2) is 5.23. The van der Waals surface area contributed by atoms with Crippen LogP contribution in [0.1, 0.15) is 6.92 Å². The molecule has 0 aromatic rings. The molecule has 0 saturated heterocycles. The maximum absolute atomic E-state index is 8.45. The van der Waals surface area contributed by atoms with E-state index in [2.05, 4.69) is 0 Å². The molecule has 0 aliphatic carbocycles. The van der Waals surface area contributed by atoms with Crippen molar-refractivity contribution in [3.63, 3.8) is 0 Å². The molecule has 0 fully saturated rings. The molecule has 0 rings (SSSR count). The Bertz CT molecular complexity index is 210. The van der Waals surface area contributed by atoms with E-state index in [4.69, 9.17) is 15.8 Å². The molecular weight excluding hydrogens is 140 g/mol. The summed E-state index contributed by atoms with van der Waals surface area (Å²) in [6.45, 7) is 1.92. The Labute approximate surface area is 65.9 Å². The van der Waals surface area contributed by atoms with Crippen molar-refractivity contribution in [2.45, 2.75) is 13.0 Å². The molecular formula is C7H8N4. The van der Waals surface area contributed by atoms with Gasteiger partial charge < -0.3 is 0 Å². The molecule has 0 heterocycles. The number of rotatable bonds is 3. The van der Waals surface area contributed by atoms with E-state index in [1.54, 1.807) is 6.92 Å². The molecule has 1 atom stereocenters. The highest BCUT2D eigenvalue weighted by molar-refractivity contribution is 4.95. The topological polar surface area (TPSA) is 74.6 Å². The fourth-order valence-corrected chi connectivity index (χ4v) is 0.593. The Morgan fingerprint density at radius 3 is 1.91 bits per heavy atom. The molecule has 4 nitrogen and oxygen atoms in total. The van der Waals surface area contributed by atoms with Gasteiger partial charge in [0.1, 0.15) is 0 Å². The van der Waals surface area contributed by atoms with Crippen LogP contribution in [0.5, 0.6) is 0 Å². The monoisotopic (exact) mass is 148 g/mol. The zero-order chi connectivity index (χ0) is 8.69. The first-order valence-corrected chi connectivity index (χ1v) is 3.13. The molecule has 0 aromatic heterocycles. The van der Waals surface area contributed by atoms with E-state index in [-0.39, 0.29) is 19.1 Å². The molecule has 0 aliphatic rings. The molecule has 0 amide bonds. The molecule has 0 radical (unpaired) electrons. The van der Waals surface area contributed by atoms with E-state index in [1.165, 1.54) is 4.90 Å². The van der Waals surface area contributed by atoms with Gasteiger partial charge in [-0.1, -0.05) is 0 Å². The lowest BCUT2D eigenvalue weighted by molar-refractivity contribution is 0.309. The van der Waals surface area contributed by atoms with Crippen molar-refractivity contribution >= 4 is 0 Å². The van der Waals surface area contributed by atoms with Gasteiger partial charge in [0, 0.05) is 0 Å². The molecule has 4 heteroatoms. The van der Waals surface area contributed by atoms with E-state index < -0.39 is 0 Å². The zero-order valence-corrected chi connectivity index (χ0v) is 6.28. The fourth-order valence-electron chi connectivity index (χ4n) is 0.593. The van der Waals surface area contributed by atoms with Gasteiger partial charge in [-0.3, -0.25) is 4.90 Å². The summed E-state index contributed by atoms with van der Waals surface area (Å²) in [6, 6.07) is 5.38. The first kappa shape index (κ1) is 9.43. The highest BCUT2D eigenvalue weighted by atomic mass is 15.1. The summed E-state index contributed by atoms with van der Waals surface area (Å²) < 4.78 is 0. The maximum atomic E-state index is 8.45. The summed E-state index contributed by atoms with van der Waals surface area (Å²) in [6.07, 6.45) is 0. The third-order valence-electron chi connectivity index (χ3n) is 1.28. The first-order chi connectivity index (χ1) is 5.26. The van der Waals surface area contributed by atoms with Gasteiger partial charge in [0.05, 0.1) is 37.3 Å². The quantitative estimate of drug-likeness (QED) is 0.537. The minimum Gasteiger partial charge on any atom is -0.262 e. The Morgan fingerprint density at radius 2 is 1.64 bits per heavy atom. The predicted octanol–water partition coefficient (Wildman–Crippen LogP) is 0.248. The third kappa shape index (κ3) is 3.20. The molecule has 56 valence electrons. The molecule has 0 N–H and O–H groups in total. The minimum atomic E-state index is -0.366. The molecule has 0 aliphatic heterocycles. The van der Waals surface area contributed by atoms with Gasteiger partial charge in [0.25, 0.3) is 0 Å². The van der Waals surface area contributed by atoms with Crippen molar-refractivity contribution in [1.29, 1.82) is 15.8 Å². The molecule has 0 bridgehead atoms. The summed E-state index contributed by atoms with van der Waals surface area (Å²) in [4.78, 5) is 1.50. The van der Waals surface area contributed by atoms with Crippen molar-refractivity contribution in [3.05, 3.63) is 0 Å². The first-order valence-electron chi connectivity index (χ1n) is 3.13. The van der Waals surface area contributed by atoms with Crippen LogP contribution < -0.4 is 0 Å². The van der Waals surface area contributed by atoms with Gasteiger partial charge in [-0.05, 0) is 6.92 Å². The van der Waals surface area contributed by atoms with Crippen LogP contribution >= 0.6 is 0 Å². The van der Waals surface area contributed by atoms with Gasteiger partial charge in [0.15, 0.2) is 0 Å². The summed E-state index contributed by atoms with van der Waals surface area (Å²) in [5, 5.41) is 25.0. The highest BCUT2D eigenvalue weighted by Crippen LogP contribution is 1.94. The second-order valence-corrected chi connectivity index (χ2v) is 2.03. The lowest BCUT2D eigenvalue weighted by Gasteiger charge is -2.16. The predicted molar refractivity (Wildman–Crippen MR) is 37.9 cm³/mol. The SMILES string of the molecule is CC(C#N)N(CC#N)CC#N.